The van der Waals surface area contributed by atoms with E-state index in [0.29, 0.717) is 13.0 Å². The van der Waals surface area contributed by atoms with Gasteiger partial charge in [0.15, 0.2) is 6.04 Å². The molecule has 0 aromatic carbocycles. The summed E-state index contributed by atoms with van der Waals surface area (Å²) in [5.41, 5.74) is 3.70. The first kappa shape index (κ1) is 14.7. The minimum atomic E-state index is -0.441. The number of carbonyl (C=O) groups is 2. The van der Waals surface area contributed by atoms with Crippen LogP contribution >= 0.6 is 0 Å². The Morgan fingerprint density at radius 2 is 2.17 bits per heavy atom. The molecule has 0 aromatic rings. The van der Waals surface area contributed by atoms with Crippen LogP contribution in [0.2, 0.25) is 0 Å². The SMILES string of the molecule is C=CCOC(=O)[C@H]1CCN1C(=O)[C@@H]([NH3+])C(C)(C)C. The number of carbonyl (C=O) groups excluding carboxylic acids is 2. The summed E-state index contributed by atoms with van der Waals surface area (Å²) >= 11 is 0. The zero-order chi connectivity index (χ0) is 13.9. The summed E-state index contributed by atoms with van der Waals surface area (Å²) in [6, 6.07) is -0.795. The summed E-state index contributed by atoms with van der Waals surface area (Å²) in [6.07, 6.45) is 2.18. The summed E-state index contributed by atoms with van der Waals surface area (Å²) < 4.78 is 4.97. The molecule has 1 amide bonds. The van der Waals surface area contributed by atoms with Crippen LogP contribution in [0.4, 0.5) is 0 Å². The lowest BCUT2D eigenvalue weighted by molar-refractivity contribution is -0.428. The maximum atomic E-state index is 12.2. The van der Waals surface area contributed by atoms with Crippen molar-refractivity contribution in [1.82, 2.24) is 4.90 Å². The van der Waals surface area contributed by atoms with E-state index in [0.717, 1.165) is 0 Å². The molecule has 0 saturated carbocycles. The third kappa shape index (κ3) is 3.10. The molecule has 1 saturated heterocycles. The van der Waals surface area contributed by atoms with E-state index < -0.39 is 6.04 Å². The lowest BCUT2D eigenvalue weighted by Crippen LogP contribution is -2.75. The Labute approximate surface area is 108 Å². The molecule has 1 heterocycles. The van der Waals surface area contributed by atoms with Crippen molar-refractivity contribution in [3.8, 4) is 0 Å². The maximum Gasteiger partial charge on any atom is 0.329 e. The first-order valence-electron chi connectivity index (χ1n) is 6.20. The van der Waals surface area contributed by atoms with E-state index in [-0.39, 0.29) is 29.9 Å². The van der Waals surface area contributed by atoms with Crippen molar-refractivity contribution in [1.29, 1.82) is 0 Å². The monoisotopic (exact) mass is 255 g/mol. The van der Waals surface area contributed by atoms with Gasteiger partial charge in [0.2, 0.25) is 0 Å². The number of esters is 1. The molecule has 5 heteroatoms. The molecule has 0 aromatic heterocycles. The van der Waals surface area contributed by atoms with Crippen LogP contribution in [-0.4, -0.2) is 42.0 Å². The smallest absolute Gasteiger partial charge is 0.329 e. The molecule has 0 aliphatic carbocycles. The van der Waals surface area contributed by atoms with E-state index in [2.05, 4.69) is 12.3 Å². The van der Waals surface area contributed by atoms with Crippen molar-refractivity contribution in [2.24, 2.45) is 5.41 Å². The van der Waals surface area contributed by atoms with Crippen molar-refractivity contribution in [2.75, 3.05) is 13.2 Å². The van der Waals surface area contributed by atoms with Gasteiger partial charge in [0.05, 0.1) is 0 Å². The fourth-order valence-electron chi connectivity index (χ4n) is 1.70. The molecule has 1 aliphatic heterocycles. The second-order valence-corrected chi connectivity index (χ2v) is 5.67. The van der Waals surface area contributed by atoms with Crippen molar-refractivity contribution in [2.45, 2.75) is 39.3 Å². The van der Waals surface area contributed by atoms with Gasteiger partial charge in [-0.25, -0.2) is 4.79 Å². The van der Waals surface area contributed by atoms with Gasteiger partial charge in [-0.2, -0.15) is 0 Å². The molecule has 0 bridgehead atoms. The third-order valence-electron chi connectivity index (χ3n) is 3.26. The van der Waals surface area contributed by atoms with E-state index in [4.69, 9.17) is 4.74 Å². The zero-order valence-electron chi connectivity index (χ0n) is 11.4. The summed E-state index contributed by atoms with van der Waals surface area (Å²) in [5.74, 6) is -0.426. The minimum absolute atomic E-state index is 0.0747. The average molecular weight is 255 g/mol. The van der Waals surface area contributed by atoms with Crippen molar-refractivity contribution < 1.29 is 20.1 Å². The van der Waals surface area contributed by atoms with Crippen LogP contribution in [0.25, 0.3) is 0 Å². The number of hydrogen-bond donors (Lipinski definition) is 1. The van der Waals surface area contributed by atoms with E-state index in [1.165, 1.54) is 6.08 Å². The lowest BCUT2D eigenvalue weighted by Gasteiger charge is -2.41. The molecule has 3 N–H and O–H groups in total. The van der Waals surface area contributed by atoms with Gasteiger partial charge < -0.3 is 15.4 Å². The standard InChI is InChI=1S/C13H22N2O3/c1-5-8-18-12(17)9-6-7-15(9)11(16)10(14)13(2,3)4/h5,9-10H,1,6-8,14H2,2-4H3/p+1/t9-,10-/m1/s1. The molecular formula is C13H23N2O3+. The van der Waals surface area contributed by atoms with Crippen LogP contribution in [0.15, 0.2) is 12.7 Å². The Morgan fingerprint density at radius 3 is 2.56 bits per heavy atom. The van der Waals surface area contributed by atoms with Crippen LogP contribution in [0.1, 0.15) is 27.2 Å². The highest BCUT2D eigenvalue weighted by molar-refractivity contribution is 5.88. The first-order valence-corrected chi connectivity index (χ1v) is 6.20. The molecule has 1 aliphatic rings. The van der Waals surface area contributed by atoms with E-state index >= 15 is 0 Å². The highest BCUT2D eigenvalue weighted by Gasteiger charge is 2.44. The maximum absolute atomic E-state index is 12.2. The fraction of sp³-hybridized carbons (Fsp3) is 0.692. The highest BCUT2D eigenvalue weighted by Crippen LogP contribution is 2.24. The first-order chi connectivity index (χ1) is 8.29. The summed E-state index contributed by atoms with van der Waals surface area (Å²) in [6.45, 7) is 10.2. The fourth-order valence-corrected chi connectivity index (χ4v) is 1.70. The average Bonchev–Trinajstić information content (AvgIpc) is 2.22. The van der Waals surface area contributed by atoms with Gasteiger partial charge in [-0.1, -0.05) is 33.4 Å². The van der Waals surface area contributed by atoms with Gasteiger partial charge in [-0.3, -0.25) is 4.79 Å². The Balaban J connectivity index is 2.60. The summed E-state index contributed by atoms with van der Waals surface area (Å²) in [7, 11) is 0. The number of likely N-dealkylation sites (tertiary alicyclic amines) is 1. The van der Waals surface area contributed by atoms with E-state index in [1.54, 1.807) is 4.90 Å². The number of nitrogens with zero attached hydrogens (tertiary/aromatic N) is 1. The molecule has 5 nitrogen and oxygen atoms in total. The van der Waals surface area contributed by atoms with Gasteiger partial charge >= 0.3 is 5.97 Å². The van der Waals surface area contributed by atoms with Crippen molar-refractivity contribution in [3.05, 3.63) is 12.7 Å². The number of amides is 1. The molecule has 1 fully saturated rings. The Kier molecular flexibility index (Phi) is 4.51. The van der Waals surface area contributed by atoms with Gasteiger partial charge in [0.25, 0.3) is 5.91 Å². The second-order valence-electron chi connectivity index (χ2n) is 5.67. The molecule has 102 valence electrons. The number of ether oxygens (including phenoxy) is 1. The van der Waals surface area contributed by atoms with Crippen LogP contribution in [-0.2, 0) is 14.3 Å². The van der Waals surface area contributed by atoms with Crippen LogP contribution < -0.4 is 5.73 Å². The zero-order valence-corrected chi connectivity index (χ0v) is 11.4. The largest absolute Gasteiger partial charge is 0.460 e. The van der Waals surface area contributed by atoms with Gasteiger partial charge in [-0.15, -0.1) is 0 Å². The van der Waals surface area contributed by atoms with Gasteiger partial charge in [0.1, 0.15) is 12.6 Å². The quantitative estimate of drug-likeness (QED) is 0.566. The second kappa shape index (κ2) is 5.52. The number of rotatable bonds is 4. The van der Waals surface area contributed by atoms with E-state index in [9.17, 15) is 9.59 Å². The highest BCUT2D eigenvalue weighted by atomic mass is 16.5. The molecule has 18 heavy (non-hydrogen) atoms. The third-order valence-corrected chi connectivity index (χ3v) is 3.26. The predicted molar refractivity (Wildman–Crippen MR) is 67.4 cm³/mol. The Bertz CT molecular complexity index is 347. The summed E-state index contributed by atoms with van der Waals surface area (Å²) in [4.78, 5) is 25.4. The molecule has 0 unspecified atom stereocenters. The van der Waals surface area contributed by atoms with Crippen molar-refractivity contribution >= 4 is 11.9 Å². The van der Waals surface area contributed by atoms with E-state index in [1.807, 2.05) is 20.8 Å². The molecule has 1 rings (SSSR count). The Morgan fingerprint density at radius 1 is 1.56 bits per heavy atom. The molecule has 0 radical (unpaired) electrons. The molecule has 0 spiro atoms. The molecule has 2 atom stereocenters. The normalized spacial score (nSPS) is 20.9. The van der Waals surface area contributed by atoms with Gasteiger partial charge in [-0.05, 0) is 6.42 Å². The van der Waals surface area contributed by atoms with Crippen LogP contribution in [0, 0.1) is 5.41 Å². The number of quaternary nitrogens is 1. The minimum Gasteiger partial charge on any atom is -0.460 e. The lowest BCUT2D eigenvalue weighted by atomic mass is 9.85. The van der Waals surface area contributed by atoms with Crippen LogP contribution in [0.3, 0.4) is 0 Å². The topological polar surface area (TPSA) is 74.2 Å². The molecular weight excluding hydrogens is 232 g/mol. The Hall–Kier alpha value is -1.36. The predicted octanol–water partition coefficient (Wildman–Crippen LogP) is -0.0269. The summed E-state index contributed by atoms with van der Waals surface area (Å²) in [5, 5.41) is 0. The van der Waals surface area contributed by atoms with Crippen molar-refractivity contribution in [3.63, 3.8) is 0 Å². The van der Waals surface area contributed by atoms with Crippen LogP contribution in [0.5, 0.6) is 0 Å². The van der Waals surface area contributed by atoms with Gasteiger partial charge in [0, 0.05) is 12.0 Å². The number of hydrogen-bond acceptors (Lipinski definition) is 3.